The molecule has 2 atom stereocenters. The van der Waals surface area contributed by atoms with E-state index in [1.165, 1.54) is 24.1 Å². The Kier molecular flexibility index (Phi) is 4.93. The van der Waals surface area contributed by atoms with Crippen molar-refractivity contribution in [1.82, 2.24) is 10.2 Å². The summed E-state index contributed by atoms with van der Waals surface area (Å²) in [7, 11) is 1.37. The zero-order valence-electron chi connectivity index (χ0n) is 12.7. The van der Waals surface area contributed by atoms with E-state index in [4.69, 9.17) is 4.74 Å². The van der Waals surface area contributed by atoms with Crippen molar-refractivity contribution in [3.8, 4) is 0 Å². The van der Waals surface area contributed by atoms with Crippen molar-refractivity contribution in [2.45, 2.75) is 25.2 Å². The lowest BCUT2D eigenvalue weighted by molar-refractivity contribution is -0.150. The fourth-order valence-corrected chi connectivity index (χ4v) is 2.42. The number of carbonyl (C=O) groups is 2. The molecule has 126 valence electrons. The van der Waals surface area contributed by atoms with Crippen LogP contribution in [-0.4, -0.2) is 43.0 Å². The number of nitrogens with zero attached hydrogens (tertiary/aromatic N) is 1. The molecular weight excluding hydrogens is 313 g/mol. The number of amides is 2. The topological polar surface area (TPSA) is 58.6 Å². The molecule has 0 radical (unpaired) electrons. The van der Waals surface area contributed by atoms with E-state index in [0.717, 1.165) is 12.1 Å². The first-order chi connectivity index (χ1) is 10.8. The molecule has 1 saturated heterocycles. The second-order valence-corrected chi connectivity index (χ2v) is 5.22. The van der Waals surface area contributed by atoms with Crippen molar-refractivity contribution in [3.05, 3.63) is 35.4 Å². The van der Waals surface area contributed by atoms with Crippen LogP contribution < -0.4 is 5.32 Å². The van der Waals surface area contributed by atoms with Crippen LogP contribution in [0.25, 0.3) is 0 Å². The van der Waals surface area contributed by atoms with E-state index in [9.17, 15) is 22.8 Å². The molecule has 8 heteroatoms. The lowest BCUT2D eigenvalue weighted by Gasteiger charge is -2.36. The second kappa shape index (κ2) is 6.57. The minimum absolute atomic E-state index is 0.268. The standard InChI is InChI=1S/C15H17F3N2O3/c1-9(23-2)14(22)20-8-7-19-13(21)12(20)10-3-5-11(6-4-10)15(16,17)18/h3-6,9,12H,7-8H2,1-2H3,(H,19,21)/t9-,12+/m0/s1. The highest BCUT2D eigenvalue weighted by Gasteiger charge is 2.37. The Morgan fingerprint density at radius 1 is 1.35 bits per heavy atom. The molecule has 1 aromatic carbocycles. The number of ether oxygens (including phenoxy) is 1. The van der Waals surface area contributed by atoms with Crippen LogP contribution in [0, 0.1) is 0 Å². The van der Waals surface area contributed by atoms with Crippen LogP contribution in [0.2, 0.25) is 0 Å². The summed E-state index contributed by atoms with van der Waals surface area (Å²) in [6.45, 7) is 2.11. The molecule has 5 nitrogen and oxygen atoms in total. The maximum atomic E-state index is 12.6. The van der Waals surface area contributed by atoms with Gasteiger partial charge in [0.1, 0.15) is 12.1 Å². The largest absolute Gasteiger partial charge is 0.416 e. The molecule has 23 heavy (non-hydrogen) atoms. The summed E-state index contributed by atoms with van der Waals surface area (Å²) in [6.07, 6.45) is -5.19. The Hall–Kier alpha value is -2.09. The monoisotopic (exact) mass is 330 g/mol. The fourth-order valence-electron chi connectivity index (χ4n) is 2.42. The Labute approximate surface area is 131 Å². The van der Waals surface area contributed by atoms with E-state index in [0.29, 0.717) is 5.56 Å². The van der Waals surface area contributed by atoms with Gasteiger partial charge in [-0.1, -0.05) is 12.1 Å². The van der Waals surface area contributed by atoms with E-state index in [1.54, 1.807) is 6.92 Å². The maximum absolute atomic E-state index is 12.6. The van der Waals surface area contributed by atoms with Gasteiger partial charge in [0.15, 0.2) is 0 Å². The molecule has 1 aromatic rings. The predicted molar refractivity (Wildman–Crippen MR) is 75.4 cm³/mol. The van der Waals surface area contributed by atoms with Crippen LogP contribution in [0.15, 0.2) is 24.3 Å². The SMILES string of the molecule is CO[C@@H](C)C(=O)N1CCNC(=O)[C@H]1c1ccc(C(F)(F)F)cc1. The van der Waals surface area contributed by atoms with E-state index >= 15 is 0 Å². The number of halogens is 3. The van der Waals surface area contributed by atoms with Gasteiger partial charge in [-0.15, -0.1) is 0 Å². The van der Waals surface area contributed by atoms with Crippen LogP contribution in [0.1, 0.15) is 24.1 Å². The van der Waals surface area contributed by atoms with Gasteiger partial charge in [-0.25, -0.2) is 0 Å². The molecule has 0 aromatic heterocycles. The summed E-state index contributed by atoms with van der Waals surface area (Å²) in [6, 6.07) is 3.28. The average Bonchev–Trinajstić information content (AvgIpc) is 2.52. The van der Waals surface area contributed by atoms with Gasteiger partial charge in [-0.3, -0.25) is 9.59 Å². The van der Waals surface area contributed by atoms with E-state index < -0.39 is 29.8 Å². The zero-order valence-corrected chi connectivity index (χ0v) is 12.7. The lowest BCUT2D eigenvalue weighted by atomic mass is 10.00. The van der Waals surface area contributed by atoms with Crippen molar-refractivity contribution < 1.29 is 27.5 Å². The first-order valence-electron chi connectivity index (χ1n) is 7.04. The molecule has 0 bridgehead atoms. The number of hydrogen-bond acceptors (Lipinski definition) is 3. The number of alkyl halides is 3. The average molecular weight is 330 g/mol. The maximum Gasteiger partial charge on any atom is 0.416 e. The normalized spacial score (nSPS) is 20.1. The van der Waals surface area contributed by atoms with Gasteiger partial charge in [-0.05, 0) is 24.6 Å². The quantitative estimate of drug-likeness (QED) is 0.918. The second-order valence-electron chi connectivity index (χ2n) is 5.22. The Morgan fingerprint density at radius 3 is 2.48 bits per heavy atom. The summed E-state index contributed by atoms with van der Waals surface area (Å²) < 4.78 is 42.9. The van der Waals surface area contributed by atoms with Gasteiger partial charge < -0.3 is 15.0 Å². The van der Waals surface area contributed by atoms with Gasteiger partial charge in [-0.2, -0.15) is 13.2 Å². The van der Waals surface area contributed by atoms with Crippen molar-refractivity contribution in [3.63, 3.8) is 0 Å². The minimum atomic E-state index is -4.45. The third-order valence-corrected chi connectivity index (χ3v) is 3.75. The lowest BCUT2D eigenvalue weighted by Crippen LogP contribution is -2.54. The molecule has 0 aliphatic carbocycles. The van der Waals surface area contributed by atoms with Crippen LogP contribution in [0.4, 0.5) is 13.2 Å². The van der Waals surface area contributed by atoms with Gasteiger partial charge in [0.25, 0.3) is 5.91 Å². The summed E-state index contributed by atoms with van der Waals surface area (Å²) in [5.74, 6) is -0.806. The fraction of sp³-hybridized carbons (Fsp3) is 0.467. The molecule has 2 rings (SSSR count). The number of piperazine rings is 1. The summed E-state index contributed by atoms with van der Waals surface area (Å²) in [5.41, 5.74) is -0.479. The van der Waals surface area contributed by atoms with E-state index in [-0.39, 0.29) is 19.0 Å². The third-order valence-electron chi connectivity index (χ3n) is 3.75. The summed E-state index contributed by atoms with van der Waals surface area (Å²) >= 11 is 0. The van der Waals surface area contributed by atoms with Gasteiger partial charge >= 0.3 is 6.18 Å². The predicted octanol–water partition coefficient (Wildman–Crippen LogP) is 1.74. The van der Waals surface area contributed by atoms with Gasteiger partial charge in [0.2, 0.25) is 5.91 Å². The Morgan fingerprint density at radius 2 is 1.96 bits per heavy atom. The first-order valence-corrected chi connectivity index (χ1v) is 7.04. The first kappa shape index (κ1) is 17.3. The Bertz CT molecular complexity index is 587. The zero-order chi connectivity index (χ0) is 17.2. The van der Waals surface area contributed by atoms with Gasteiger partial charge in [0.05, 0.1) is 5.56 Å². The summed E-state index contributed by atoms with van der Waals surface area (Å²) in [4.78, 5) is 25.8. The minimum Gasteiger partial charge on any atom is -0.372 e. The summed E-state index contributed by atoms with van der Waals surface area (Å²) in [5, 5.41) is 2.62. The molecular formula is C15H17F3N2O3. The number of methoxy groups -OCH3 is 1. The number of benzene rings is 1. The highest BCUT2D eigenvalue weighted by molar-refractivity contribution is 5.91. The number of carbonyl (C=O) groups excluding carboxylic acids is 2. The molecule has 1 aliphatic heterocycles. The van der Waals surface area contributed by atoms with Gasteiger partial charge in [0, 0.05) is 20.2 Å². The molecule has 0 spiro atoms. The van der Waals surface area contributed by atoms with Crippen LogP contribution in [0.3, 0.4) is 0 Å². The van der Waals surface area contributed by atoms with Crippen molar-refractivity contribution in [2.75, 3.05) is 20.2 Å². The number of hydrogen-bond donors (Lipinski definition) is 1. The van der Waals surface area contributed by atoms with E-state index in [1.807, 2.05) is 0 Å². The third kappa shape index (κ3) is 3.64. The van der Waals surface area contributed by atoms with Crippen LogP contribution in [0.5, 0.6) is 0 Å². The molecule has 0 saturated carbocycles. The van der Waals surface area contributed by atoms with Crippen molar-refractivity contribution in [1.29, 1.82) is 0 Å². The van der Waals surface area contributed by atoms with Crippen molar-refractivity contribution in [2.24, 2.45) is 0 Å². The smallest absolute Gasteiger partial charge is 0.372 e. The van der Waals surface area contributed by atoms with E-state index in [2.05, 4.69) is 5.32 Å². The molecule has 1 heterocycles. The molecule has 1 aliphatic rings. The highest BCUT2D eigenvalue weighted by atomic mass is 19.4. The highest BCUT2D eigenvalue weighted by Crippen LogP contribution is 2.31. The Balaban J connectivity index is 2.32. The number of nitrogens with one attached hydrogen (secondary N) is 1. The molecule has 2 amide bonds. The molecule has 1 fully saturated rings. The van der Waals surface area contributed by atoms with Crippen LogP contribution in [-0.2, 0) is 20.5 Å². The molecule has 1 N–H and O–H groups in total. The van der Waals surface area contributed by atoms with Crippen LogP contribution >= 0.6 is 0 Å². The molecule has 0 unspecified atom stereocenters. The van der Waals surface area contributed by atoms with Crippen molar-refractivity contribution >= 4 is 11.8 Å². The number of rotatable bonds is 3.